The summed E-state index contributed by atoms with van der Waals surface area (Å²) in [4.78, 5) is 25.7. The highest BCUT2D eigenvalue weighted by atomic mass is 32.2. The van der Waals surface area contributed by atoms with Gasteiger partial charge in [0.25, 0.3) is 0 Å². The van der Waals surface area contributed by atoms with Crippen LogP contribution in [0.25, 0.3) is 0 Å². The van der Waals surface area contributed by atoms with E-state index in [1.807, 2.05) is 16.7 Å². The number of hydrogen-bond acceptors (Lipinski definition) is 3. The van der Waals surface area contributed by atoms with Crippen molar-refractivity contribution in [3.63, 3.8) is 0 Å². The van der Waals surface area contributed by atoms with E-state index in [0.717, 1.165) is 25.7 Å². The van der Waals surface area contributed by atoms with Crippen LogP contribution in [0.15, 0.2) is 0 Å². The summed E-state index contributed by atoms with van der Waals surface area (Å²) >= 11 is 1.88. The molecule has 5 atom stereocenters. The number of aliphatic carboxylic acids is 1. The van der Waals surface area contributed by atoms with E-state index in [1.54, 1.807) is 0 Å². The standard InChI is InChI=1S/C15H24N2O3S/c1-21-11-4-2-3-9(7-11)16-15(20)17-10-5-6-13(17)12(8-10)14(18)19/h9-13H,2-8H2,1H3,(H,16,20)(H,18,19). The van der Waals surface area contributed by atoms with E-state index in [0.29, 0.717) is 11.7 Å². The zero-order valence-corrected chi connectivity index (χ0v) is 13.3. The van der Waals surface area contributed by atoms with Crippen molar-refractivity contribution in [2.75, 3.05) is 6.26 Å². The lowest BCUT2D eigenvalue weighted by Gasteiger charge is -2.31. The quantitative estimate of drug-likeness (QED) is 0.839. The monoisotopic (exact) mass is 312 g/mol. The minimum absolute atomic E-state index is 0.0296. The summed E-state index contributed by atoms with van der Waals surface area (Å²) < 4.78 is 0. The summed E-state index contributed by atoms with van der Waals surface area (Å²) in [6, 6.07) is 0.272. The van der Waals surface area contributed by atoms with Crippen LogP contribution in [-0.4, -0.2) is 51.6 Å². The predicted molar refractivity (Wildman–Crippen MR) is 82.5 cm³/mol. The van der Waals surface area contributed by atoms with Gasteiger partial charge in [0.1, 0.15) is 0 Å². The average molecular weight is 312 g/mol. The van der Waals surface area contributed by atoms with Crippen LogP contribution in [-0.2, 0) is 4.79 Å². The van der Waals surface area contributed by atoms with Gasteiger partial charge in [0.05, 0.1) is 5.92 Å². The van der Waals surface area contributed by atoms with Crippen LogP contribution in [0, 0.1) is 5.92 Å². The number of hydrogen-bond donors (Lipinski definition) is 2. The van der Waals surface area contributed by atoms with Gasteiger partial charge in [0.2, 0.25) is 0 Å². The lowest BCUT2D eigenvalue weighted by Crippen LogP contribution is -2.49. The zero-order chi connectivity index (χ0) is 15.0. The second kappa shape index (κ2) is 6.07. The van der Waals surface area contributed by atoms with Crippen molar-refractivity contribution in [1.82, 2.24) is 10.2 Å². The molecule has 0 aromatic carbocycles. The largest absolute Gasteiger partial charge is 0.481 e. The number of carbonyl (C=O) groups is 2. The maximum Gasteiger partial charge on any atom is 0.318 e. The van der Waals surface area contributed by atoms with Gasteiger partial charge in [-0.2, -0.15) is 11.8 Å². The summed E-state index contributed by atoms with van der Waals surface area (Å²) in [5, 5.41) is 13.1. The molecule has 2 bridgehead atoms. The molecule has 3 fully saturated rings. The Morgan fingerprint density at radius 1 is 1.19 bits per heavy atom. The molecule has 2 aliphatic heterocycles. The third-order valence-corrected chi connectivity index (χ3v) is 6.47. The molecule has 2 amide bonds. The van der Waals surface area contributed by atoms with Gasteiger partial charge >= 0.3 is 12.0 Å². The number of amides is 2. The Bertz CT molecular complexity index is 431. The highest BCUT2D eigenvalue weighted by Crippen LogP contribution is 2.42. The third-order valence-electron chi connectivity index (χ3n) is 5.38. The van der Waals surface area contributed by atoms with E-state index in [4.69, 9.17) is 0 Å². The van der Waals surface area contributed by atoms with E-state index in [-0.39, 0.29) is 30.1 Å². The second-order valence-electron chi connectivity index (χ2n) is 6.56. The van der Waals surface area contributed by atoms with Crippen LogP contribution in [0.2, 0.25) is 0 Å². The molecule has 0 aromatic heterocycles. The van der Waals surface area contributed by atoms with Crippen LogP contribution in [0.5, 0.6) is 0 Å². The number of nitrogens with one attached hydrogen (secondary N) is 1. The Balaban J connectivity index is 1.60. The molecule has 118 valence electrons. The molecule has 5 nitrogen and oxygen atoms in total. The van der Waals surface area contributed by atoms with Crippen LogP contribution in [0.3, 0.4) is 0 Å². The third kappa shape index (κ3) is 2.87. The molecule has 0 spiro atoms. The van der Waals surface area contributed by atoms with Gasteiger partial charge < -0.3 is 15.3 Å². The zero-order valence-electron chi connectivity index (χ0n) is 12.5. The highest BCUT2D eigenvalue weighted by molar-refractivity contribution is 7.99. The number of fused-ring (bicyclic) bond motifs is 2. The molecule has 5 unspecified atom stereocenters. The Labute approximate surface area is 129 Å². The molecule has 0 radical (unpaired) electrons. The first-order valence-corrected chi connectivity index (χ1v) is 9.23. The molecule has 3 aliphatic rings. The van der Waals surface area contributed by atoms with Gasteiger partial charge in [0, 0.05) is 23.4 Å². The van der Waals surface area contributed by atoms with Crippen molar-refractivity contribution in [3.05, 3.63) is 0 Å². The fourth-order valence-electron chi connectivity index (χ4n) is 4.31. The number of carbonyl (C=O) groups excluding carboxylic acids is 1. The Morgan fingerprint density at radius 2 is 2.00 bits per heavy atom. The van der Waals surface area contributed by atoms with Crippen molar-refractivity contribution in [1.29, 1.82) is 0 Å². The lowest BCUT2D eigenvalue weighted by molar-refractivity contribution is -0.142. The van der Waals surface area contributed by atoms with Crippen molar-refractivity contribution in [2.24, 2.45) is 5.92 Å². The highest BCUT2D eigenvalue weighted by Gasteiger charge is 2.51. The first-order chi connectivity index (χ1) is 10.1. The number of rotatable bonds is 3. The smallest absolute Gasteiger partial charge is 0.318 e. The molecule has 6 heteroatoms. The Kier molecular flexibility index (Phi) is 4.33. The minimum Gasteiger partial charge on any atom is -0.481 e. The Morgan fingerprint density at radius 3 is 2.67 bits per heavy atom. The van der Waals surface area contributed by atoms with Crippen LogP contribution >= 0.6 is 11.8 Å². The Hall–Kier alpha value is -0.910. The fraction of sp³-hybridized carbons (Fsp3) is 0.867. The molecule has 21 heavy (non-hydrogen) atoms. The van der Waals surface area contributed by atoms with E-state index >= 15 is 0 Å². The molecule has 1 aliphatic carbocycles. The number of urea groups is 1. The fourth-order valence-corrected chi connectivity index (χ4v) is 5.14. The molecule has 0 aromatic rings. The number of carboxylic acid groups (broad SMARTS) is 1. The van der Waals surface area contributed by atoms with E-state index in [1.165, 1.54) is 12.8 Å². The van der Waals surface area contributed by atoms with Crippen molar-refractivity contribution >= 4 is 23.8 Å². The van der Waals surface area contributed by atoms with Gasteiger partial charge in [0.15, 0.2) is 0 Å². The minimum atomic E-state index is -0.750. The molecule has 1 saturated carbocycles. The summed E-state index contributed by atoms with van der Waals surface area (Å²) in [6.45, 7) is 0. The van der Waals surface area contributed by atoms with Gasteiger partial charge in [-0.1, -0.05) is 6.42 Å². The maximum absolute atomic E-state index is 12.6. The van der Waals surface area contributed by atoms with Gasteiger partial charge in [-0.25, -0.2) is 4.79 Å². The van der Waals surface area contributed by atoms with E-state index < -0.39 is 5.97 Å². The number of carboxylic acids is 1. The average Bonchev–Trinajstić information content (AvgIpc) is 3.05. The summed E-state index contributed by atoms with van der Waals surface area (Å²) in [7, 11) is 0. The van der Waals surface area contributed by atoms with Crippen molar-refractivity contribution < 1.29 is 14.7 Å². The lowest BCUT2D eigenvalue weighted by atomic mass is 9.89. The van der Waals surface area contributed by atoms with Gasteiger partial charge in [-0.15, -0.1) is 0 Å². The maximum atomic E-state index is 12.6. The molecule has 3 rings (SSSR count). The SMILES string of the molecule is CSC1CCCC(NC(=O)N2C3CCC2C(C(=O)O)C3)C1. The van der Waals surface area contributed by atoms with Gasteiger partial charge in [-0.05, 0) is 44.8 Å². The molecule has 2 N–H and O–H groups in total. The summed E-state index contributed by atoms with van der Waals surface area (Å²) in [6.07, 6.45) is 9.06. The van der Waals surface area contributed by atoms with Crippen molar-refractivity contribution in [2.45, 2.75) is 68.3 Å². The first kappa shape index (κ1) is 15.0. The van der Waals surface area contributed by atoms with Crippen LogP contribution < -0.4 is 5.32 Å². The first-order valence-electron chi connectivity index (χ1n) is 7.94. The summed E-state index contributed by atoms with van der Waals surface area (Å²) in [5.74, 6) is -1.11. The second-order valence-corrected chi connectivity index (χ2v) is 7.70. The van der Waals surface area contributed by atoms with Crippen LogP contribution in [0.4, 0.5) is 4.79 Å². The van der Waals surface area contributed by atoms with E-state index in [2.05, 4.69) is 11.6 Å². The topological polar surface area (TPSA) is 69.6 Å². The number of nitrogens with zero attached hydrogens (tertiary/aromatic N) is 1. The van der Waals surface area contributed by atoms with Gasteiger partial charge in [-0.3, -0.25) is 4.79 Å². The molecular formula is C15H24N2O3S. The molecular weight excluding hydrogens is 288 g/mol. The normalized spacial score (nSPS) is 38.5. The number of thioether (sulfide) groups is 1. The van der Waals surface area contributed by atoms with Crippen molar-refractivity contribution in [3.8, 4) is 0 Å². The molecule has 2 heterocycles. The predicted octanol–water partition coefficient (Wildman–Crippen LogP) is 2.31. The van der Waals surface area contributed by atoms with Crippen LogP contribution in [0.1, 0.15) is 44.9 Å². The van der Waals surface area contributed by atoms with E-state index in [9.17, 15) is 14.7 Å². The molecule has 2 saturated heterocycles. The summed E-state index contributed by atoms with van der Waals surface area (Å²) in [5.41, 5.74) is 0.